The fourth-order valence-electron chi connectivity index (χ4n) is 3.33. The van der Waals surface area contributed by atoms with E-state index in [0.29, 0.717) is 5.92 Å². The van der Waals surface area contributed by atoms with Crippen molar-refractivity contribution in [3.05, 3.63) is 18.0 Å². The summed E-state index contributed by atoms with van der Waals surface area (Å²) in [6.45, 7) is 2.21. The number of aryl methyl sites for hydroxylation is 2. The molecular formula is C15H24N2O2. The average molecular weight is 264 g/mol. The lowest BCUT2D eigenvalue weighted by Gasteiger charge is -2.33. The molecule has 3 atom stereocenters. The minimum Gasteiger partial charge on any atom is -0.481 e. The van der Waals surface area contributed by atoms with E-state index in [1.54, 1.807) is 4.68 Å². The minimum absolute atomic E-state index is 0.139. The lowest BCUT2D eigenvalue weighted by molar-refractivity contribution is -0.145. The Morgan fingerprint density at radius 2 is 2.32 bits per heavy atom. The van der Waals surface area contributed by atoms with Gasteiger partial charge in [0.25, 0.3) is 0 Å². The van der Waals surface area contributed by atoms with Gasteiger partial charge < -0.3 is 5.11 Å². The van der Waals surface area contributed by atoms with Gasteiger partial charge in [0.05, 0.1) is 12.1 Å². The molecule has 1 N–H and O–H groups in total. The lowest BCUT2D eigenvalue weighted by Crippen LogP contribution is -2.30. The molecule has 1 aromatic rings. The van der Waals surface area contributed by atoms with Crippen LogP contribution in [0.1, 0.15) is 44.6 Å². The number of carboxylic acid groups (broad SMARTS) is 1. The van der Waals surface area contributed by atoms with Crippen LogP contribution in [0.2, 0.25) is 0 Å². The quantitative estimate of drug-likeness (QED) is 0.889. The van der Waals surface area contributed by atoms with Crippen molar-refractivity contribution in [2.45, 2.75) is 45.4 Å². The van der Waals surface area contributed by atoms with E-state index in [9.17, 15) is 9.90 Å². The number of rotatable bonds is 5. The molecule has 4 heteroatoms. The molecule has 0 aliphatic heterocycles. The van der Waals surface area contributed by atoms with Crippen LogP contribution in [0.3, 0.4) is 0 Å². The molecular weight excluding hydrogens is 240 g/mol. The van der Waals surface area contributed by atoms with Crippen LogP contribution in [-0.2, 0) is 18.3 Å². The summed E-state index contributed by atoms with van der Waals surface area (Å²) in [6, 6.07) is 0. The predicted molar refractivity (Wildman–Crippen MR) is 73.8 cm³/mol. The van der Waals surface area contributed by atoms with Gasteiger partial charge in [-0.3, -0.25) is 9.48 Å². The van der Waals surface area contributed by atoms with Gasteiger partial charge in [-0.25, -0.2) is 0 Å². The molecule has 3 unspecified atom stereocenters. The fourth-order valence-corrected chi connectivity index (χ4v) is 3.33. The summed E-state index contributed by atoms with van der Waals surface area (Å²) in [6.07, 6.45) is 10.0. The Morgan fingerprint density at radius 3 is 2.89 bits per heavy atom. The van der Waals surface area contributed by atoms with Crippen LogP contribution in [0, 0.1) is 17.8 Å². The zero-order chi connectivity index (χ0) is 13.8. The molecule has 0 spiro atoms. The normalized spacial score (nSPS) is 27.4. The van der Waals surface area contributed by atoms with Gasteiger partial charge in [-0.1, -0.05) is 13.3 Å². The molecule has 1 aliphatic carbocycles. The van der Waals surface area contributed by atoms with Crippen molar-refractivity contribution in [3.63, 3.8) is 0 Å². The highest BCUT2D eigenvalue weighted by Crippen LogP contribution is 2.38. The summed E-state index contributed by atoms with van der Waals surface area (Å²) < 4.78 is 1.81. The summed E-state index contributed by atoms with van der Waals surface area (Å²) in [7, 11) is 1.91. The fraction of sp³-hybridized carbons (Fsp3) is 0.733. The molecule has 2 rings (SSSR count). The lowest BCUT2D eigenvalue weighted by atomic mass is 9.71. The Kier molecular flexibility index (Phi) is 4.61. The highest BCUT2D eigenvalue weighted by molar-refractivity contribution is 5.70. The Morgan fingerprint density at radius 1 is 1.53 bits per heavy atom. The third kappa shape index (κ3) is 3.58. The van der Waals surface area contributed by atoms with Crippen LogP contribution in [0.25, 0.3) is 0 Å². The van der Waals surface area contributed by atoms with Crippen LogP contribution in [0.15, 0.2) is 12.4 Å². The van der Waals surface area contributed by atoms with E-state index in [1.165, 1.54) is 12.0 Å². The van der Waals surface area contributed by atoms with Gasteiger partial charge in [0.1, 0.15) is 0 Å². The summed E-state index contributed by atoms with van der Waals surface area (Å²) in [4.78, 5) is 11.4. The molecule has 0 amide bonds. The highest BCUT2D eigenvalue weighted by atomic mass is 16.4. The first-order valence-electron chi connectivity index (χ1n) is 7.30. The number of aliphatic carboxylic acids is 1. The van der Waals surface area contributed by atoms with Gasteiger partial charge in [0.2, 0.25) is 0 Å². The monoisotopic (exact) mass is 264 g/mol. The number of nitrogens with zero attached hydrogens (tertiary/aromatic N) is 2. The van der Waals surface area contributed by atoms with Crippen LogP contribution >= 0.6 is 0 Å². The van der Waals surface area contributed by atoms with E-state index in [0.717, 1.165) is 38.0 Å². The second-order valence-corrected chi connectivity index (χ2v) is 5.85. The Bertz CT molecular complexity index is 428. The molecule has 4 nitrogen and oxygen atoms in total. The van der Waals surface area contributed by atoms with E-state index in [-0.39, 0.29) is 5.92 Å². The molecule has 0 saturated heterocycles. The Labute approximate surface area is 114 Å². The number of hydrogen-bond acceptors (Lipinski definition) is 2. The van der Waals surface area contributed by atoms with Crippen LogP contribution in [0.4, 0.5) is 0 Å². The van der Waals surface area contributed by atoms with Crippen molar-refractivity contribution in [2.75, 3.05) is 0 Å². The number of carboxylic acids is 1. The average Bonchev–Trinajstić information content (AvgIpc) is 2.81. The van der Waals surface area contributed by atoms with E-state index in [2.05, 4.69) is 12.0 Å². The molecule has 0 bridgehead atoms. The third-order valence-corrected chi connectivity index (χ3v) is 4.55. The van der Waals surface area contributed by atoms with Crippen molar-refractivity contribution < 1.29 is 9.90 Å². The van der Waals surface area contributed by atoms with Crippen molar-refractivity contribution in [3.8, 4) is 0 Å². The van der Waals surface area contributed by atoms with Gasteiger partial charge >= 0.3 is 5.97 Å². The largest absolute Gasteiger partial charge is 0.481 e. The molecule has 0 aromatic carbocycles. The zero-order valence-electron chi connectivity index (χ0n) is 11.9. The van der Waals surface area contributed by atoms with Crippen molar-refractivity contribution in [1.29, 1.82) is 0 Å². The molecule has 1 fully saturated rings. The molecule has 19 heavy (non-hydrogen) atoms. The van der Waals surface area contributed by atoms with Crippen molar-refractivity contribution >= 4 is 5.97 Å². The van der Waals surface area contributed by atoms with E-state index < -0.39 is 5.97 Å². The van der Waals surface area contributed by atoms with Gasteiger partial charge in [-0.05, 0) is 49.5 Å². The second-order valence-electron chi connectivity index (χ2n) is 5.85. The maximum Gasteiger partial charge on any atom is 0.306 e. The predicted octanol–water partition coefficient (Wildman–Crippen LogP) is 2.88. The molecule has 106 valence electrons. The first-order chi connectivity index (χ1) is 9.10. The van der Waals surface area contributed by atoms with Gasteiger partial charge in [0, 0.05) is 13.2 Å². The van der Waals surface area contributed by atoms with Gasteiger partial charge in [-0.2, -0.15) is 5.10 Å². The minimum atomic E-state index is -0.606. The van der Waals surface area contributed by atoms with Gasteiger partial charge in [0.15, 0.2) is 0 Å². The SMILES string of the molecule is CCC1CCC(C(=O)O)C(CCc2cnn(C)c2)C1. The summed E-state index contributed by atoms with van der Waals surface area (Å²) in [5.41, 5.74) is 1.21. The topological polar surface area (TPSA) is 55.1 Å². The first kappa shape index (κ1) is 14.1. The maximum absolute atomic E-state index is 11.4. The molecule has 0 radical (unpaired) electrons. The van der Waals surface area contributed by atoms with E-state index in [4.69, 9.17) is 0 Å². The van der Waals surface area contributed by atoms with Crippen molar-refractivity contribution in [2.24, 2.45) is 24.8 Å². The third-order valence-electron chi connectivity index (χ3n) is 4.55. The molecule has 1 saturated carbocycles. The smallest absolute Gasteiger partial charge is 0.306 e. The van der Waals surface area contributed by atoms with Crippen LogP contribution < -0.4 is 0 Å². The highest BCUT2D eigenvalue weighted by Gasteiger charge is 2.33. The van der Waals surface area contributed by atoms with Crippen molar-refractivity contribution in [1.82, 2.24) is 9.78 Å². The van der Waals surface area contributed by atoms with Gasteiger partial charge in [-0.15, -0.1) is 0 Å². The standard InChI is InChI=1S/C15H24N2O2/c1-3-11-5-7-14(15(18)19)13(8-11)6-4-12-9-16-17(2)10-12/h9-11,13-14H,3-8H2,1-2H3,(H,18,19). The Hall–Kier alpha value is -1.32. The summed E-state index contributed by atoms with van der Waals surface area (Å²) in [5, 5.41) is 13.5. The maximum atomic E-state index is 11.4. The zero-order valence-corrected chi connectivity index (χ0v) is 11.9. The molecule has 1 heterocycles. The van der Waals surface area contributed by atoms with Crippen LogP contribution in [0.5, 0.6) is 0 Å². The Balaban J connectivity index is 1.95. The number of carbonyl (C=O) groups is 1. The van der Waals surface area contributed by atoms with E-state index in [1.807, 2.05) is 19.4 Å². The number of aromatic nitrogens is 2. The second kappa shape index (κ2) is 6.22. The summed E-state index contributed by atoms with van der Waals surface area (Å²) >= 11 is 0. The van der Waals surface area contributed by atoms with Crippen LogP contribution in [-0.4, -0.2) is 20.9 Å². The summed E-state index contributed by atoms with van der Waals surface area (Å²) in [5.74, 6) is 0.302. The first-order valence-corrected chi connectivity index (χ1v) is 7.30. The number of hydrogen-bond donors (Lipinski definition) is 1. The molecule has 1 aliphatic rings. The molecule has 1 aromatic heterocycles. The van der Waals surface area contributed by atoms with E-state index >= 15 is 0 Å².